The number of aromatic nitrogens is 4. The molecular weight excluding hydrogens is 338 g/mol. The number of aryl methyl sites for hydroxylation is 1. The minimum atomic E-state index is 0.531. The van der Waals surface area contributed by atoms with Crippen molar-refractivity contribution in [2.24, 2.45) is 7.05 Å². The first kappa shape index (κ1) is 15.6. The standard InChI is InChI=1S/C13H18BrN5O2/c1-4-5-21-12-9(6-10(14)7-11(12)20-3)8-15-13-16-17-18-19(13)2/h6-7H,4-5,8H2,1-3H3,(H,15,16,18). The highest BCUT2D eigenvalue weighted by molar-refractivity contribution is 9.10. The molecule has 8 heteroatoms. The van der Waals surface area contributed by atoms with Crippen molar-refractivity contribution in [3.63, 3.8) is 0 Å². The molecule has 0 aliphatic rings. The first-order valence-electron chi connectivity index (χ1n) is 6.61. The summed E-state index contributed by atoms with van der Waals surface area (Å²) in [6.45, 7) is 3.23. The topological polar surface area (TPSA) is 74.1 Å². The second-order valence-corrected chi connectivity index (χ2v) is 5.34. The van der Waals surface area contributed by atoms with Crippen LogP contribution in [0.3, 0.4) is 0 Å². The molecule has 0 saturated heterocycles. The molecule has 21 heavy (non-hydrogen) atoms. The molecule has 1 aromatic carbocycles. The van der Waals surface area contributed by atoms with E-state index >= 15 is 0 Å². The Kier molecular flexibility index (Phi) is 5.38. The molecule has 0 aliphatic carbocycles. The van der Waals surface area contributed by atoms with Crippen LogP contribution >= 0.6 is 15.9 Å². The molecule has 0 fully saturated rings. The molecule has 114 valence electrons. The summed E-state index contributed by atoms with van der Waals surface area (Å²) in [4.78, 5) is 0. The van der Waals surface area contributed by atoms with Crippen molar-refractivity contribution >= 4 is 21.9 Å². The first-order valence-corrected chi connectivity index (χ1v) is 7.40. The van der Waals surface area contributed by atoms with Crippen molar-refractivity contribution < 1.29 is 9.47 Å². The van der Waals surface area contributed by atoms with Crippen LogP contribution in [0.15, 0.2) is 16.6 Å². The van der Waals surface area contributed by atoms with E-state index in [1.54, 1.807) is 18.8 Å². The number of halogens is 1. The Morgan fingerprint density at radius 1 is 1.38 bits per heavy atom. The van der Waals surface area contributed by atoms with E-state index in [4.69, 9.17) is 9.47 Å². The van der Waals surface area contributed by atoms with Gasteiger partial charge in [0.15, 0.2) is 11.5 Å². The van der Waals surface area contributed by atoms with E-state index in [0.717, 1.165) is 22.2 Å². The largest absolute Gasteiger partial charge is 0.493 e. The lowest BCUT2D eigenvalue weighted by Crippen LogP contribution is -2.08. The summed E-state index contributed by atoms with van der Waals surface area (Å²) in [5.41, 5.74) is 0.970. The van der Waals surface area contributed by atoms with Crippen LogP contribution in [0.2, 0.25) is 0 Å². The molecule has 0 spiro atoms. The maximum Gasteiger partial charge on any atom is 0.242 e. The number of tetrazole rings is 1. The second-order valence-electron chi connectivity index (χ2n) is 4.42. The molecule has 0 saturated carbocycles. The third kappa shape index (κ3) is 3.84. The van der Waals surface area contributed by atoms with Gasteiger partial charge in [0, 0.05) is 23.6 Å². The van der Waals surface area contributed by atoms with Gasteiger partial charge in [-0.25, -0.2) is 4.68 Å². The van der Waals surface area contributed by atoms with Gasteiger partial charge in [-0.15, -0.1) is 0 Å². The number of benzene rings is 1. The molecule has 0 bridgehead atoms. The lowest BCUT2D eigenvalue weighted by Gasteiger charge is -2.16. The van der Waals surface area contributed by atoms with Gasteiger partial charge in [0.1, 0.15) is 0 Å². The monoisotopic (exact) mass is 355 g/mol. The van der Waals surface area contributed by atoms with Crippen molar-refractivity contribution in [2.75, 3.05) is 19.0 Å². The fraction of sp³-hybridized carbons (Fsp3) is 0.462. The minimum Gasteiger partial charge on any atom is -0.493 e. The summed E-state index contributed by atoms with van der Waals surface area (Å²) in [6.07, 6.45) is 0.930. The van der Waals surface area contributed by atoms with Crippen LogP contribution in [0.5, 0.6) is 11.5 Å². The maximum atomic E-state index is 5.82. The van der Waals surface area contributed by atoms with Gasteiger partial charge in [0.25, 0.3) is 0 Å². The van der Waals surface area contributed by atoms with Crippen LogP contribution in [-0.2, 0) is 13.6 Å². The predicted molar refractivity (Wildman–Crippen MR) is 82.6 cm³/mol. The van der Waals surface area contributed by atoms with Crippen molar-refractivity contribution in [1.29, 1.82) is 0 Å². The van der Waals surface area contributed by atoms with E-state index in [1.807, 2.05) is 12.1 Å². The zero-order chi connectivity index (χ0) is 15.2. The van der Waals surface area contributed by atoms with Crippen LogP contribution in [0.1, 0.15) is 18.9 Å². The Balaban J connectivity index is 2.23. The van der Waals surface area contributed by atoms with E-state index in [-0.39, 0.29) is 0 Å². The Labute approximate surface area is 131 Å². The molecule has 0 atom stereocenters. The molecule has 0 radical (unpaired) electrons. The minimum absolute atomic E-state index is 0.531. The number of hydrogen-bond acceptors (Lipinski definition) is 6. The highest BCUT2D eigenvalue weighted by Gasteiger charge is 2.13. The number of anilines is 1. The lowest BCUT2D eigenvalue weighted by atomic mass is 10.2. The third-order valence-electron chi connectivity index (χ3n) is 2.82. The Hall–Kier alpha value is -1.83. The van der Waals surface area contributed by atoms with Gasteiger partial charge in [-0.3, -0.25) is 0 Å². The van der Waals surface area contributed by atoms with Gasteiger partial charge in [0.05, 0.1) is 13.7 Å². The quantitative estimate of drug-likeness (QED) is 0.821. The fourth-order valence-corrected chi connectivity index (χ4v) is 2.31. The molecule has 0 unspecified atom stereocenters. The zero-order valence-electron chi connectivity index (χ0n) is 12.3. The number of ether oxygens (including phenoxy) is 2. The SMILES string of the molecule is CCCOc1c(CNc2nnnn2C)cc(Br)cc1OC. The number of methoxy groups -OCH3 is 1. The average Bonchev–Trinajstić information content (AvgIpc) is 2.88. The van der Waals surface area contributed by atoms with Crippen LogP contribution < -0.4 is 14.8 Å². The summed E-state index contributed by atoms with van der Waals surface area (Å²) in [7, 11) is 3.41. The van der Waals surface area contributed by atoms with Crippen molar-refractivity contribution in [1.82, 2.24) is 20.2 Å². The molecule has 2 rings (SSSR count). The van der Waals surface area contributed by atoms with E-state index in [9.17, 15) is 0 Å². The summed E-state index contributed by atoms with van der Waals surface area (Å²) in [5.74, 6) is 2.03. The highest BCUT2D eigenvalue weighted by Crippen LogP contribution is 2.35. The fourth-order valence-electron chi connectivity index (χ4n) is 1.83. The van der Waals surface area contributed by atoms with Gasteiger partial charge in [-0.05, 0) is 29.0 Å². The highest BCUT2D eigenvalue weighted by atomic mass is 79.9. The number of rotatable bonds is 7. The van der Waals surface area contributed by atoms with E-state index in [2.05, 4.69) is 43.7 Å². The van der Waals surface area contributed by atoms with Crippen molar-refractivity contribution in [3.05, 3.63) is 22.2 Å². The predicted octanol–water partition coefficient (Wildman–Crippen LogP) is 2.38. The normalized spacial score (nSPS) is 10.5. The van der Waals surface area contributed by atoms with Crippen molar-refractivity contribution in [3.8, 4) is 11.5 Å². The zero-order valence-corrected chi connectivity index (χ0v) is 13.8. The first-order chi connectivity index (χ1) is 10.2. The van der Waals surface area contributed by atoms with Crippen LogP contribution in [0, 0.1) is 0 Å². The summed E-state index contributed by atoms with van der Waals surface area (Å²) >= 11 is 3.48. The van der Waals surface area contributed by atoms with E-state index in [1.165, 1.54) is 0 Å². The summed E-state index contributed by atoms with van der Waals surface area (Å²) in [5, 5.41) is 14.4. The summed E-state index contributed by atoms with van der Waals surface area (Å²) in [6, 6.07) is 3.88. The molecular formula is C13H18BrN5O2. The Bertz CT molecular complexity index is 602. The molecule has 2 aromatic rings. The second kappa shape index (κ2) is 7.26. The number of hydrogen-bond donors (Lipinski definition) is 1. The number of nitrogens with zero attached hydrogens (tertiary/aromatic N) is 4. The smallest absolute Gasteiger partial charge is 0.242 e. The maximum absolute atomic E-state index is 5.82. The van der Waals surface area contributed by atoms with Gasteiger partial charge in [-0.2, -0.15) is 0 Å². The molecule has 0 amide bonds. The Morgan fingerprint density at radius 3 is 2.81 bits per heavy atom. The molecule has 0 aliphatic heterocycles. The van der Waals surface area contributed by atoms with Crippen LogP contribution in [-0.4, -0.2) is 33.9 Å². The average molecular weight is 356 g/mol. The molecule has 7 nitrogen and oxygen atoms in total. The van der Waals surface area contributed by atoms with Crippen LogP contribution in [0.4, 0.5) is 5.95 Å². The van der Waals surface area contributed by atoms with Crippen molar-refractivity contribution in [2.45, 2.75) is 19.9 Å². The number of nitrogens with one attached hydrogen (secondary N) is 1. The molecule has 1 aromatic heterocycles. The van der Waals surface area contributed by atoms with Gasteiger partial charge in [0.2, 0.25) is 5.95 Å². The molecule has 1 N–H and O–H groups in total. The van der Waals surface area contributed by atoms with Gasteiger partial charge < -0.3 is 14.8 Å². The van der Waals surface area contributed by atoms with E-state index < -0.39 is 0 Å². The van der Waals surface area contributed by atoms with Gasteiger partial charge in [-0.1, -0.05) is 28.0 Å². The van der Waals surface area contributed by atoms with Crippen LogP contribution in [0.25, 0.3) is 0 Å². The Morgan fingerprint density at radius 2 is 2.19 bits per heavy atom. The third-order valence-corrected chi connectivity index (χ3v) is 3.28. The van der Waals surface area contributed by atoms with Gasteiger partial charge >= 0.3 is 0 Å². The van der Waals surface area contributed by atoms with E-state index in [0.29, 0.717) is 24.8 Å². The summed E-state index contributed by atoms with van der Waals surface area (Å²) < 4.78 is 13.7. The lowest BCUT2D eigenvalue weighted by molar-refractivity contribution is 0.291. The molecule has 1 heterocycles.